The van der Waals surface area contributed by atoms with Gasteiger partial charge in [-0.2, -0.15) is 0 Å². The third-order valence-electron chi connectivity index (χ3n) is 5.87. The molecule has 2 aromatic rings. The van der Waals surface area contributed by atoms with Crippen molar-refractivity contribution in [1.29, 1.82) is 0 Å². The fourth-order valence-electron chi connectivity index (χ4n) is 3.82. The van der Waals surface area contributed by atoms with Crippen molar-refractivity contribution in [1.82, 2.24) is 5.32 Å². The van der Waals surface area contributed by atoms with E-state index in [2.05, 4.69) is 55.6 Å². The molecule has 0 aliphatic carbocycles. The van der Waals surface area contributed by atoms with Crippen LogP contribution in [0.1, 0.15) is 38.7 Å². The highest BCUT2D eigenvalue weighted by Gasteiger charge is 2.40. The topological polar surface area (TPSA) is 47.6 Å². The highest BCUT2D eigenvalue weighted by molar-refractivity contribution is 5.84. The van der Waals surface area contributed by atoms with Crippen molar-refractivity contribution in [2.24, 2.45) is 5.41 Å². The quantitative estimate of drug-likeness (QED) is 0.761. The van der Waals surface area contributed by atoms with E-state index in [0.29, 0.717) is 13.2 Å². The Morgan fingerprint density at radius 2 is 1.82 bits per heavy atom. The second-order valence-corrected chi connectivity index (χ2v) is 7.74. The molecule has 1 atom stereocenters. The monoisotopic (exact) mass is 381 g/mol. The predicted octanol–water partition coefficient (Wildman–Crippen LogP) is 4.62. The van der Waals surface area contributed by atoms with E-state index in [1.165, 1.54) is 11.1 Å². The van der Waals surface area contributed by atoms with Gasteiger partial charge in [0.25, 0.3) is 0 Å². The lowest BCUT2D eigenvalue weighted by atomic mass is 9.73. The Morgan fingerprint density at radius 1 is 1.14 bits per heavy atom. The van der Waals surface area contributed by atoms with Gasteiger partial charge in [-0.1, -0.05) is 43.3 Å². The number of hydrogen-bond donors (Lipinski definition) is 1. The summed E-state index contributed by atoms with van der Waals surface area (Å²) in [5.74, 6) is 1.00. The van der Waals surface area contributed by atoms with Crippen molar-refractivity contribution < 1.29 is 14.3 Å². The highest BCUT2D eigenvalue weighted by atomic mass is 16.5. The molecule has 150 valence electrons. The Morgan fingerprint density at radius 3 is 2.46 bits per heavy atom. The zero-order chi connectivity index (χ0) is 20.0. The third-order valence-corrected chi connectivity index (χ3v) is 5.87. The number of rotatable bonds is 7. The fourth-order valence-corrected chi connectivity index (χ4v) is 3.82. The number of carbonyl (C=O) groups is 1. The van der Waals surface area contributed by atoms with Gasteiger partial charge in [0.1, 0.15) is 5.75 Å². The molecule has 0 aromatic heterocycles. The van der Waals surface area contributed by atoms with Gasteiger partial charge in [0.05, 0.1) is 12.5 Å². The van der Waals surface area contributed by atoms with Gasteiger partial charge in [-0.3, -0.25) is 4.79 Å². The maximum Gasteiger partial charge on any atom is 0.226 e. The van der Waals surface area contributed by atoms with Gasteiger partial charge in [0.15, 0.2) is 0 Å². The Balaban J connectivity index is 1.91. The van der Waals surface area contributed by atoms with Gasteiger partial charge in [-0.25, -0.2) is 0 Å². The molecule has 3 rings (SSSR count). The molecular weight excluding hydrogens is 350 g/mol. The number of amides is 1. The molecule has 1 heterocycles. The van der Waals surface area contributed by atoms with E-state index in [4.69, 9.17) is 9.47 Å². The van der Waals surface area contributed by atoms with Gasteiger partial charge in [0, 0.05) is 19.3 Å². The van der Waals surface area contributed by atoms with Crippen LogP contribution in [-0.4, -0.2) is 32.3 Å². The van der Waals surface area contributed by atoms with E-state index in [1.807, 2.05) is 12.1 Å². The van der Waals surface area contributed by atoms with Crippen LogP contribution in [-0.2, 0) is 16.0 Å². The van der Waals surface area contributed by atoms with Crippen molar-refractivity contribution in [3.05, 3.63) is 54.1 Å². The first-order chi connectivity index (χ1) is 13.6. The Labute approximate surface area is 168 Å². The van der Waals surface area contributed by atoms with Crippen molar-refractivity contribution >= 4 is 5.91 Å². The number of ether oxygens (including phenoxy) is 2. The van der Waals surface area contributed by atoms with Crippen molar-refractivity contribution in [3.63, 3.8) is 0 Å². The molecule has 0 saturated carbocycles. The standard InChI is InChI=1S/C24H31NO3/c1-4-18(2)25-23(26)24(13-15-28-16-14-24)17-20-7-5-6-8-22(20)19-9-11-21(27-3)12-10-19/h5-12,18H,4,13-17H2,1-3H3,(H,25,26)/t18-/m1/s1. The highest BCUT2D eigenvalue weighted by Crippen LogP contribution is 2.38. The molecule has 2 aromatic carbocycles. The third kappa shape index (κ3) is 4.56. The zero-order valence-corrected chi connectivity index (χ0v) is 17.2. The van der Waals surface area contributed by atoms with Crippen LogP contribution in [0.15, 0.2) is 48.5 Å². The Bertz CT molecular complexity index is 779. The Kier molecular flexibility index (Phi) is 6.74. The average Bonchev–Trinajstić information content (AvgIpc) is 2.74. The minimum Gasteiger partial charge on any atom is -0.497 e. The molecule has 4 nitrogen and oxygen atoms in total. The molecule has 4 heteroatoms. The average molecular weight is 382 g/mol. The van der Waals surface area contributed by atoms with E-state index in [1.54, 1.807) is 7.11 Å². The molecule has 0 unspecified atom stereocenters. The van der Waals surface area contributed by atoms with Gasteiger partial charge in [-0.15, -0.1) is 0 Å². The lowest BCUT2D eigenvalue weighted by Crippen LogP contribution is -2.48. The minimum atomic E-state index is -0.412. The SMILES string of the molecule is CC[C@@H](C)NC(=O)C1(Cc2ccccc2-c2ccc(OC)cc2)CCOCC1. The Hall–Kier alpha value is -2.33. The van der Waals surface area contributed by atoms with Gasteiger partial charge in [0.2, 0.25) is 5.91 Å². The van der Waals surface area contributed by atoms with E-state index in [-0.39, 0.29) is 11.9 Å². The molecule has 1 aliphatic heterocycles. The molecule has 1 amide bonds. The normalized spacial score (nSPS) is 17.0. The first-order valence-corrected chi connectivity index (χ1v) is 10.2. The number of nitrogens with one attached hydrogen (secondary N) is 1. The number of methoxy groups -OCH3 is 1. The summed E-state index contributed by atoms with van der Waals surface area (Å²) >= 11 is 0. The van der Waals surface area contributed by atoms with Crippen LogP contribution in [0.3, 0.4) is 0 Å². The van der Waals surface area contributed by atoms with Crippen LogP contribution < -0.4 is 10.1 Å². The second kappa shape index (κ2) is 9.24. The molecule has 1 fully saturated rings. The van der Waals surface area contributed by atoms with Gasteiger partial charge >= 0.3 is 0 Å². The zero-order valence-electron chi connectivity index (χ0n) is 17.2. The molecular formula is C24H31NO3. The first-order valence-electron chi connectivity index (χ1n) is 10.2. The molecule has 0 radical (unpaired) electrons. The van der Waals surface area contributed by atoms with Crippen LogP contribution in [0.2, 0.25) is 0 Å². The summed E-state index contributed by atoms with van der Waals surface area (Å²) in [6.45, 7) is 5.44. The molecule has 1 aliphatic rings. The van der Waals surface area contributed by atoms with Gasteiger partial charge < -0.3 is 14.8 Å². The van der Waals surface area contributed by atoms with Crippen LogP contribution in [0, 0.1) is 5.41 Å². The second-order valence-electron chi connectivity index (χ2n) is 7.74. The lowest BCUT2D eigenvalue weighted by Gasteiger charge is -2.37. The summed E-state index contributed by atoms with van der Waals surface area (Å²) in [6, 6.07) is 16.7. The van der Waals surface area contributed by atoms with E-state index in [0.717, 1.165) is 37.0 Å². The summed E-state index contributed by atoms with van der Waals surface area (Å²) in [4.78, 5) is 13.2. The molecule has 1 saturated heterocycles. The lowest BCUT2D eigenvalue weighted by molar-refractivity contribution is -0.137. The summed E-state index contributed by atoms with van der Waals surface area (Å²) in [6.07, 6.45) is 3.17. The van der Waals surface area contributed by atoms with E-state index >= 15 is 0 Å². The number of carbonyl (C=O) groups excluding carboxylic acids is 1. The number of hydrogen-bond acceptors (Lipinski definition) is 3. The molecule has 28 heavy (non-hydrogen) atoms. The van der Waals surface area contributed by atoms with Crippen molar-refractivity contribution in [2.45, 2.75) is 45.6 Å². The van der Waals surface area contributed by atoms with Crippen LogP contribution in [0.5, 0.6) is 5.75 Å². The molecule has 1 N–H and O–H groups in total. The minimum absolute atomic E-state index is 0.162. The van der Waals surface area contributed by atoms with Crippen LogP contribution in [0.4, 0.5) is 0 Å². The number of benzene rings is 2. The smallest absolute Gasteiger partial charge is 0.226 e. The first kappa shape index (κ1) is 20.4. The van der Waals surface area contributed by atoms with E-state index in [9.17, 15) is 4.79 Å². The summed E-state index contributed by atoms with van der Waals surface area (Å²) in [5.41, 5.74) is 3.10. The van der Waals surface area contributed by atoms with Gasteiger partial charge in [-0.05, 0) is 61.4 Å². The summed E-state index contributed by atoms with van der Waals surface area (Å²) < 4.78 is 10.9. The summed E-state index contributed by atoms with van der Waals surface area (Å²) in [5, 5.41) is 3.22. The van der Waals surface area contributed by atoms with Crippen molar-refractivity contribution in [2.75, 3.05) is 20.3 Å². The van der Waals surface area contributed by atoms with Crippen molar-refractivity contribution in [3.8, 4) is 16.9 Å². The van der Waals surface area contributed by atoms with Crippen LogP contribution >= 0.6 is 0 Å². The maximum absolute atomic E-state index is 13.2. The fraction of sp³-hybridized carbons (Fsp3) is 0.458. The summed E-state index contributed by atoms with van der Waals surface area (Å²) in [7, 11) is 1.67. The van der Waals surface area contributed by atoms with Crippen LogP contribution in [0.25, 0.3) is 11.1 Å². The van der Waals surface area contributed by atoms with E-state index < -0.39 is 5.41 Å². The molecule has 0 spiro atoms. The maximum atomic E-state index is 13.2. The predicted molar refractivity (Wildman–Crippen MR) is 113 cm³/mol. The molecule has 0 bridgehead atoms. The largest absolute Gasteiger partial charge is 0.497 e.